The summed E-state index contributed by atoms with van der Waals surface area (Å²) in [6.45, 7) is 2.40. The van der Waals surface area contributed by atoms with Gasteiger partial charge in [-0.2, -0.15) is 0 Å². The van der Waals surface area contributed by atoms with Gasteiger partial charge in [0.05, 0.1) is 18.3 Å². The van der Waals surface area contributed by atoms with Crippen LogP contribution in [0, 0.1) is 6.92 Å². The van der Waals surface area contributed by atoms with Crippen LogP contribution in [0.25, 0.3) is 11.5 Å². The van der Waals surface area contributed by atoms with Crippen LogP contribution in [0.4, 0.5) is 4.79 Å². The van der Waals surface area contributed by atoms with E-state index in [1.807, 2.05) is 91.9 Å². The van der Waals surface area contributed by atoms with Gasteiger partial charge < -0.3 is 19.0 Å². The molecule has 1 aromatic heterocycles. The normalized spacial score (nSPS) is 16.7. The highest BCUT2D eigenvalue weighted by Crippen LogP contribution is 2.37. The first-order valence-electron chi connectivity index (χ1n) is 13.0. The first kappa shape index (κ1) is 26.0. The summed E-state index contributed by atoms with van der Waals surface area (Å²) in [4.78, 5) is 30.8. The summed E-state index contributed by atoms with van der Waals surface area (Å²) in [7, 11) is 0. The zero-order chi connectivity index (χ0) is 27.2. The minimum Gasteiger partial charge on any atom is -0.493 e. The molecule has 8 nitrogen and oxygen atoms in total. The van der Waals surface area contributed by atoms with E-state index in [2.05, 4.69) is 4.98 Å². The van der Waals surface area contributed by atoms with Crippen molar-refractivity contribution in [1.82, 2.24) is 9.88 Å². The Bertz CT molecular complexity index is 1400. The number of carbonyl (C=O) groups is 2. The molecule has 200 valence electrons. The molecule has 2 heterocycles. The van der Waals surface area contributed by atoms with Crippen LogP contribution in [0.15, 0.2) is 89.3 Å². The molecule has 3 aromatic carbocycles. The van der Waals surface area contributed by atoms with E-state index in [1.54, 1.807) is 0 Å². The molecule has 1 amide bonds. The fourth-order valence-electron chi connectivity index (χ4n) is 4.85. The highest BCUT2D eigenvalue weighted by molar-refractivity contribution is 5.81. The zero-order valence-electron chi connectivity index (χ0n) is 21.7. The molecule has 1 aliphatic heterocycles. The lowest BCUT2D eigenvalue weighted by atomic mass is 10.0. The Kier molecular flexibility index (Phi) is 7.91. The van der Waals surface area contributed by atoms with Crippen molar-refractivity contribution in [3.8, 4) is 17.2 Å². The third kappa shape index (κ3) is 6.12. The maximum absolute atomic E-state index is 13.0. The highest BCUT2D eigenvalue weighted by atomic mass is 16.6. The van der Waals surface area contributed by atoms with Crippen molar-refractivity contribution in [2.24, 2.45) is 0 Å². The van der Waals surface area contributed by atoms with Crippen molar-refractivity contribution in [3.05, 3.63) is 108 Å². The number of oxazole rings is 1. The van der Waals surface area contributed by atoms with Crippen LogP contribution >= 0.6 is 0 Å². The van der Waals surface area contributed by atoms with Crippen molar-refractivity contribution < 1.29 is 28.6 Å². The average Bonchev–Trinajstić information content (AvgIpc) is 3.57. The van der Waals surface area contributed by atoms with Crippen LogP contribution in [0.2, 0.25) is 0 Å². The number of likely N-dealkylation sites (tertiary alicyclic amines) is 1. The number of benzene rings is 3. The number of hydrogen-bond acceptors (Lipinski definition) is 6. The fourth-order valence-corrected chi connectivity index (χ4v) is 4.85. The number of ether oxygens (including phenoxy) is 2. The van der Waals surface area contributed by atoms with Crippen LogP contribution in [-0.4, -0.2) is 39.7 Å². The molecule has 1 fully saturated rings. The van der Waals surface area contributed by atoms with Gasteiger partial charge >= 0.3 is 12.1 Å². The van der Waals surface area contributed by atoms with Gasteiger partial charge in [0.2, 0.25) is 5.89 Å². The molecule has 8 heteroatoms. The lowest BCUT2D eigenvalue weighted by molar-refractivity contribution is -0.142. The number of aromatic nitrogens is 1. The van der Waals surface area contributed by atoms with Crippen LogP contribution in [0.5, 0.6) is 5.75 Å². The summed E-state index contributed by atoms with van der Waals surface area (Å²) < 4.78 is 17.2. The van der Waals surface area contributed by atoms with E-state index in [-0.39, 0.29) is 6.61 Å². The molecule has 0 bridgehead atoms. The molecule has 1 aliphatic rings. The molecule has 0 spiro atoms. The Morgan fingerprint density at radius 1 is 0.974 bits per heavy atom. The SMILES string of the molecule is Cc1oc(-c2ccccc2)nc1CCOc1ccc(C2CCC(C(=O)O)N2C(=O)OCc2ccccc2)cc1. The molecule has 5 rings (SSSR count). The van der Waals surface area contributed by atoms with E-state index < -0.39 is 24.1 Å². The largest absolute Gasteiger partial charge is 0.493 e. The number of aliphatic carboxylic acids is 1. The maximum atomic E-state index is 13.0. The molecule has 2 unspecified atom stereocenters. The number of amides is 1. The van der Waals surface area contributed by atoms with Crippen LogP contribution in [0.3, 0.4) is 0 Å². The van der Waals surface area contributed by atoms with Crippen molar-refractivity contribution in [2.75, 3.05) is 6.61 Å². The number of rotatable bonds is 9. The third-order valence-electron chi connectivity index (χ3n) is 6.87. The van der Waals surface area contributed by atoms with Gasteiger partial charge in [0.15, 0.2) is 0 Å². The Morgan fingerprint density at radius 3 is 2.36 bits per heavy atom. The van der Waals surface area contributed by atoms with Gasteiger partial charge in [0, 0.05) is 12.0 Å². The Labute approximate surface area is 226 Å². The van der Waals surface area contributed by atoms with E-state index in [9.17, 15) is 14.7 Å². The molecular formula is C31H30N2O6. The fraction of sp³-hybridized carbons (Fsp3) is 0.258. The summed E-state index contributed by atoms with van der Waals surface area (Å²) in [6.07, 6.45) is 0.855. The summed E-state index contributed by atoms with van der Waals surface area (Å²) >= 11 is 0. The Hall–Kier alpha value is -4.59. The van der Waals surface area contributed by atoms with Gasteiger partial charge in [0.1, 0.15) is 24.2 Å². The molecule has 0 saturated carbocycles. The molecule has 39 heavy (non-hydrogen) atoms. The van der Waals surface area contributed by atoms with Crippen molar-refractivity contribution in [2.45, 2.75) is 44.9 Å². The average molecular weight is 527 g/mol. The highest BCUT2D eigenvalue weighted by Gasteiger charge is 2.42. The number of carboxylic acids is 1. The first-order valence-corrected chi connectivity index (χ1v) is 13.0. The number of carboxylic acid groups (broad SMARTS) is 1. The second-order valence-corrected chi connectivity index (χ2v) is 9.45. The maximum Gasteiger partial charge on any atom is 0.411 e. The smallest absolute Gasteiger partial charge is 0.411 e. The molecular weight excluding hydrogens is 496 g/mol. The van der Waals surface area contributed by atoms with E-state index in [1.165, 1.54) is 4.90 Å². The second kappa shape index (κ2) is 11.9. The summed E-state index contributed by atoms with van der Waals surface area (Å²) in [5.74, 6) is 0.999. The molecule has 0 radical (unpaired) electrons. The lowest BCUT2D eigenvalue weighted by Gasteiger charge is -2.28. The minimum atomic E-state index is -1.03. The zero-order valence-corrected chi connectivity index (χ0v) is 21.7. The third-order valence-corrected chi connectivity index (χ3v) is 6.87. The van der Waals surface area contributed by atoms with E-state index in [0.29, 0.717) is 37.5 Å². The van der Waals surface area contributed by atoms with E-state index in [4.69, 9.17) is 13.9 Å². The van der Waals surface area contributed by atoms with E-state index >= 15 is 0 Å². The van der Waals surface area contributed by atoms with Crippen LogP contribution < -0.4 is 4.74 Å². The summed E-state index contributed by atoms with van der Waals surface area (Å²) in [5, 5.41) is 9.72. The Balaban J connectivity index is 1.20. The van der Waals surface area contributed by atoms with Crippen molar-refractivity contribution in [3.63, 3.8) is 0 Å². The van der Waals surface area contributed by atoms with Gasteiger partial charge in [-0.15, -0.1) is 0 Å². The molecule has 4 aromatic rings. The van der Waals surface area contributed by atoms with Crippen molar-refractivity contribution in [1.29, 1.82) is 0 Å². The van der Waals surface area contributed by atoms with Crippen LogP contribution in [-0.2, 0) is 22.6 Å². The molecule has 0 aliphatic carbocycles. The number of aryl methyl sites for hydroxylation is 1. The summed E-state index contributed by atoms with van der Waals surface area (Å²) in [5.41, 5.74) is 3.45. The predicted molar refractivity (Wildman–Crippen MR) is 144 cm³/mol. The van der Waals surface area contributed by atoms with Crippen LogP contribution in [0.1, 0.15) is 41.5 Å². The Morgan fingerprint density at radius 2 is 1.67 bits per heavy atom. The van der Waals surface area contributed by atoms with Gasteiger partial charge in [-0.05, 0) is 55.2 Å². The standard InChI is InChI=1S/C31H30N2O6/c1-21-26(32-29(39-21)24-10-6-3-7-11-24)18-19-37-25-14-12-23(13-15-25)27-16-17-28(30(34)35)33(27)31(36)38-20-22-8-4-2-5-9-22/h2-15,27-28H,16-20H2,1H3,(H,34,35). The topological polar surface area (TPSA) is 102 Å². The number of hydrogen-bond donors (Lipinski definition) is 1. The van der Waals surface area contributed by atoms with Gasteiger partial charge in [0.25, 0.3) is 0 Å². The van der Waals surface area contributed by atoms with Gasteiger partial charge in [-0.1, -0.05) is 60.7 Å². The molecule has 1 N–H and O–H groups in total. The monoisotopic (exact) mass is 526 g/mol. The molecule has 1 saturated heterocycles. The first-order chi connectivity index (χ1) is 19.0. The minimum absolute atomic E-state index is 0.0832. The number of nitrogens with zero attached hydrogens (tertiary/aromatic N) is 2. The second-order valence-electron chi connectivity index (χ2n) is 9.45. The van der Waals surface area contributed by atoms with Gasteiger partial charge in [-0.25, -0.2) is 14.6 Å². The summed E-state index contributed by atoms with van der Waals surface area (Å²) in [6, 6.07) is 25.2. The molecule has 2 atom stereocenters. The van der Waals surface area contributed by atoms with Crippen molar-refractivity contribution >= 4 is 12.1 Å². The van der Waals surface area contributed by atoms with Gasteiger partial charge in [-0.3, -0.25) is 4.90 Å². The quantitative estimate of drug-likeness (QED) is 0.277. The van der Waals surface area contributed by atoms with E-state index in [0.717, 1.165) is 28.1 Å². The lowest BCUT2D eigenvalue weighted by Crippen LogP contribution is -2.42. The number of carbonyl (C=O) groups excluding carboxylic acids is 1. The predicted octanol–water partition coefficient (Wildman–Crippen LogP) is 6.20.